The van der Waals surface area contributed by atoms with Crippen LogP contribution in [0.1, 0.15) is 12.5 Å². The van der Waals surface area contributed by atoms with Crippen LogP contribution < -0.4 is 9.64 Å². The Morgan fingerprint density at radius 2 is 1.57 bits per heavy atom. The first-order valence-corrected chi connectivity index (χ1v) is 10.3. The summed E-state index contributed by atoms with van der Waals surface area (Å²) in [7, 11) is -4.25. The van der Waals surface area contributed by atoms with Crippen molar-refractivity contribution in [1.29, 1.82) is 0 Å². The number of ether oxygens (including phenoxy) is 1. The molecule has 1 aliphatic rings. The first-order valence-electron chi connectivity index (χ1n) is 8.88. The Bertz CT molecular complexity index is 924. The number of piperazine rings is 1. The van der Waals surface area contributed by atoms with Crippen LogP contribution in [0.2, 0.25) is 0 Å². The van der Waals surface area contributed by atoms with Gasteiger partial charge in [0.15, 0.2) is 0 Å². The summed E-state index contributed by atoms with van der Waals surface area (Å²) in [6, 6.07) is 11.7. The number of para-hydroxylation sites is 2. The van der Waals surface area contributed by atoms with Crippen molar-refractivity contribution in [2.75, 3.05) is 37.7 Å². The Morgan fingerprint density at radius 3 is 2.21 bits per heavy atom. The van der Waals surface area contributed by atoms with Gasteiger partial charge in [0.05, 0.1) is 22.8 Å². The Balaban J connectivity index is 1.81. The van der Waals surface area contributed by atoms with E-state index in [0.717, 1.165) is 22.1 Å². The van der Waals surface area contributed by atoms with Gasteiger partial charge in [0, 0.05) is 26.2 Å². The Kier molecular flexibility index (Phi) is 5.85. The van der Waals surface area contributed by atoms with Crippen molar-refractivity contribution in [3.05, 3.63) is 54.1 Å². The van der Waals surface area contributed by atoms with Gasteiger partial charge in [-0.25, -0.2) is 8.42 Å². The smallest absolute Gasteiger partial charge is 0.417 e. The molecule has 0 saturated carbocycles. The second kappa shape index (κ2) is 8.00. The van der Waals surface area contributed by atoms with Crippen LogP contribution in [0.5, 0.6) is 5.75 Å². The maximum Gasteiger partial charge on any atom is 0.417 e. The summed E-state index contributed by atoms with van der Waals surface area (Å²) in [5, 5.41) is 0. The van der Waals surface area contributed by atoms with Crippen molar-refractivity contribution in [2.45, 2.75) is 18.0 Å². The molecule has 0 amide bonds. The molecule has 0 radical (unpaired) electrons. The molecule has 0 aliphatic carbocycles. The van der Waals surface area contributed by atoms with Gasteiger partial charge in [-0.3, -0.25) is 0 Å². The van der Waals surface area contributed by atoms with Gasteiger partial charge in [0.1, 0.15) is 5.75 Å². The fourth-order valence-corrected chi connectivity index (χ4v) is 4.86. The molecule has 0 atom stereocenters. The van der Waals surface area contributed by atoms with Gasteiger partial charge < -0.3 is 9.64 Å². The van der Waals surface area contributed by atoms with Crippen LogP contribution in [0.15, 0.2) is 53.4 Å². The summed E-state index contributed by atoms with van der Waals surface area (Å²) >= 11 is 0. The van der Waals surface area contributed by atoms with E-state index in [1.807, 2.05) is 36.1 Å². The SMILES string of the molecule is CCOc1ccccc1N1CCN(S(=O)(=O)c2ccccc2C(F)(F)F)CC1. The number of nitrogens with zero attached hydrogens (tertiary/aromatic N) is 2. The van der Waals surface area contributed by atoms with E-state index in [-0.39, 0.29) is 13.1 Å². The number of hydrogen-bond acceptors (Lipinski definition) is 4. The van der Waals surface area contributed by atoms with Crippen molar-refractivity contribution < 1.29 is 26.3 Å². The summed E-state index contributed by atoms with van der Waals surface area (Å²) in [6.07, 6.45) is -4.73. The second-order valence-electron chi connectivity index (χ2n) is 6.29. The maximum atomic E-state index is 13.2. The molecule has 1 aliphatic heterocycles. The molecule has 0 aromatic heterocycles. The molecule has 0 bridgehead atoms. The van der Waals surface area contributed by atoms with Crippen LogP contribution in [0.3, 0.4) is 0 Å². The first kappa shape index (κ1) is 20.5. The molecule has 0 N–H and O–H groups in total. The molecular weight excluding hydrogens is 393 g/mol. The Hall–Kier alpha value is -2.26. The molecule has 1 fully saturated rings. The summed E-state index contributed by atoms with van der Waals surface area (Å²) in [5.41, 5.74) is -0.295. The number of halogens is 3. The van der Waals surface area contributed by atoms with E-state index < -0.39 is 26.7 Å². The molecule has 2 aromatic carbocycles. The quantitative estimate of drug-likeness (QED) is 0.750. The maximum absolute atomic E-state index is 13.2. The summed E-state index contributed by atoms with van der Waals surface area (Å²) in [6.45, 7) is 3.28. The summed E-state index contributed by atoms with van der Waals surface area (Å²) in [4.78, 5) is 1.28. The lowest BCUT2D eigenvalue weighted by Crippen LogP contribution is -2.49. The standard InChI is InChI=1S/C19H21F3N2O3S/c1-2-27-17-9-5-4-8-16(17)23-11-13-24(14-12-23)28(25,26)18-10-6-3-7-15(18)19(20,21)22/h3-10H,2,11-14H2,1H3. The van der Waals surface area contributed by atoms with E-state index in [2.05, 4.69) is 0 Å². The van der Waals surface area contributed by atoms with E-state index in [4.69, 9.17) is 4.74 Å². The van der Waals surface area contributed by atoms with E-state index in [1.54, 1.807) is 0 Å². The monoisotopic (exact) mass is 414 g/mol. The highest BCUT2D eigenvalue weighted by molar-refractivity contribution is 7.89. The van der Waals surface area contributed by atoms with Crippen molar-refractivity contribution in [3.63, 3.8) is 0 Å². The van der Waals surface area contributed by atoms with Gasteiger partial charge in [-0.2, -0.15) is 17.5 Å². The lowest BCUT2D eigenvalue weighted by molar-refractivity contribution is -0.139. The predicted molar refractivity (Wildman–Crippen MR) is 100 cm³/mol. The topological polar surface area (TPSA) is 49.9 Å². The minimum absolute atomic E-state index is 0.0922. The highest BCUT2D eigenvalue weighted by atomic mass is 32.2. The lowest BCUT2D eigenvalue weighted by atomic mass is 10.2. The Labute approximate surface area is 162 Å². The van der Waals surface area contributed by atoms with E-state index in [9.17, 15) is 21.6 Å². The zero-order chi connectivity index (χ0) is 20.4. The minimum atomic E-state index is -4.73. The number of hydrogen-bond donors (Lipinski definition) is 0. The molecule has 28 heavy (non-hydrogen) atoms. The fourth-order valence-electron chi connectivity index (χ4n) is 3.23. The van der Waals surface area contributed by atoms with Crippen LogP contribution in [0.25, 0.3) is 0 Å². The molecule has 1 saturated heterocycles. The van der Waals surface area contributed by atoms with Crippen LogP contribution in [-0.4, -0.2) is 45.5 Å². The van der Waals surface area contributed by atoms with E-state index in [1.165, 1.54) is 12.1 Å². The van der Waals surface area contributed by atoms with Gasteiger partial charge >= 0.3 is 6.18 Å². The van der Waals surface area contributed by atoms with Gasteiger partial charge in [0.25, 0.3) is 0 Å². The molecule has 3 rings (SSSR count). The molecule has 9 heteroatoms. The van der Waals surface area contributed by atoms with Crippen LogP contribution in [0.4, 0.5) is 18.9 Å². The summed E-state index contributed by atoms with van der Waals surface area (Å²) < 4.78 is 72.1. The largest absolute Gasteiger partial charge is 0.492 e. The number of anilines is 1. The Morgan fingerprint density at radius 1 is 0.964 bits per heavy atom. The predicted octanol–water partition coefficient (Wildman–Crippen LogP) is 3.62. The van der Waals surface area contributed by atoms with Crippen LogP contribution in [0, 0.1) is 0 Å². The van der Waals surface area contributed by atoms with Gasteiger partial charge in [-0.1, -0.05) is 24.3 Å². The third kappa shape index (κ3) is 4.10. The minimum Gasteiger partial charge on any atom is -0.492 e. The van der Waals surface area contributed by atoms with Crippen molar-refractivity contribution >= 4 is 15.7 Å². The number of rotatable bonds is 5. The first-order chi connectivity index (χ1) is 13.2. The van der Waals surface area contributed by atoms with E-state index >= 15 is 0 Å². The zero-order valence-corrected chi connectivity index (χ0v) is 16.1. The normalized spacial score (nSPS) is 16.2. The molecule has 2 aromatic rings. The van der Waals surface area contributed by atoms with E-state index in [0.29, 0.717) is 25.4 Å². The van der Waals surface area contributed by atoms with Crippen LogP contribution in [-0.2, 0) is 16.2 Å². The number of benzene rings is 2. The average Bonchev–Trinajstić information content (AvgIpc) is 2.68. The highest BCUT2D eigenvalue weighted by Gasteiger charge is 2.39. The second-order valence-corrected chi connectivity index (χ2v) is 8.19. The van der Waals surface area contributed by atoms with Crippen LogP contribution >= 0.6 is 0 Å². The van der Waals surface area contributed by atoms with Crippen molar-refractivity contribution in [3.8, 4) is 5.75 Å². The van der Waals surface area contributed by atoms with Crippen molar-refractivity contribution in [1.82, 2.24) is 4.31 Å². The summed E-state index contributed by atoms with van der Waals surface area (Å²) in [5.74, 6) is 0.698. The van der Waals surface area contributed by atoms with Crippen molar-refractivity contribution in [2.24, 2.45) is 0 Å². The number of sulfonamides is 1. The highest BCUT2D eigenvalue weighted by Crippen LogP contribution is 2.36. The lowest BCUT2D eigenvalue weighted by Gasteiger charge is -2.36. The third-order valence-corrected chi connectivity index (χ3v) is 6.51. The van der Waals surface area contributed by atoms with Gasteiger partial charge in [-0.05, 0) is 31.2 Å². The molecule has 152 valence electrons. The molecule has 0 unspecified atom stereocenters. The van der Waals surface area contributed by atoms with Gasteiger partial charge in [-0.15, -0.1) is 0 Å². The third-order valence-electron chi connectivity index (χ3n) is 4.55. The number of alkyl halides is 3. The molecule has 5 nitrogen and oxygen atoms in total. The zero-order valence-electron chi connectivity index (χ0n) is 15.3. The average molecular weight is 414 g/mol. The molecule has 0 spiro atoms. The molecule has 1 heterocycles. The fraction of sp³-hybridized carbons (Fsp3) is 0.368. The molecular formula is C19H21F3N2O3S. The van der Waals surface area contributed by atoms with Gasteiger partial charge in [0.2, 0.25) is 10.0 Å².